The van der Waals surface area contributed by atoms with Crippen molar-refractivity contribution >= 4 is 21.8 Å². The van der Waals surface area contributed by atoms with E-state index < -0.39 is 0 Å². The summed E-state index contributed by atoms with van der Waals surface area (Å²) in [5, 5.41) is 2.72. The molecule has 0 aliphatic carbocycles. The Labute approximate surface area is 109 Å². The predicted molar refractivity (Wildman–Crippen MR) is 69.9 cm³/mol. The molecule has 4 nitrogen and oxygen atoms in total. The number of hydrogen-bond donors (Lipinski definition) is 1. The highest BCUT2D eigenvalue weighted by molar-refractivity contribution is 9.10. The number of carbonyl (C=O) groups excluding carboxylic acids is 1. The Morgan fingerprint density at radius 3 is 3.00 bits per heavy atom. The van der Waals surface area contributed by atoms with Crippen molar-refractivity contribution in [2.75, 3.05) is 19.8 Å². The smallest absolute Gasteiger partial charge is 0.270 e. The van der Waals surface area contributed by atoms with Gasteiger partial charge >= 0.3 is 0 Å². The van der Waals surface area contributed by atoms with Crippen molar-refractivity contribution in [3.05, 3.63) is 40.6 Å². The lowest BCUT2D eigenvalue weighted by Gasteiger charge is -2.06. The lowest BCUT2D eigenvalue weighted by molar-refractivity contribution is 0.0921. The van der Waals surface area contributed by atoms with Gasteiger partial charge in [0.2, 0.25) is 0 Å². The molecule has 0 saturated carbocycles. The van der Waals surface area contributed by atoms with Crippen LogP contribution in [0.15, 0.2) is 35.0 Å². The number of rotatable bonds is 6. The zero-order chi connectivity index (χ0) is 12.7. The Hall–Kier alpha value is -1.20. The van der Waals surface area contributed by atoms with Crippen molar-refractivity contribution in [1.29, 1.82) is 0 Å². The lowest BCUT2D eigenvalue weighted by Crippen LogP contribution is -2.28. The van der Waals surface area contributed by atoms with Gasteiger partial charge in [-0.1, -0.05) is 18.2 Å². The fraction of sp³-hybridized carbons (Fsp3) is 0.333. The molecule has 1 aromatic rings. The van der Waals surface area contributed by atoms with E-state index in [4.69, 9.17) is 4.74 Å². The van der Waals surface area contributed by atoms with Gasteiger partial charge in [-0.15, -0.1) is 0 Å². The zero-order valence-electron chi connectivity index (χ0n) is 9.70. The molecule has 0 unspecified atom stereocenters. The van der Waals surface area contributed by atoms with E-state index in [9.17, 15) is 4.79 Å². The number of halogens is 1. The zero-order valence-corrected chi connectivity index (χ0v) is 11.3. The number of hydrogen-bond acceptors (Lipinski definition) is 3. The molecule has 0 aliphatic rings. The van der Waals surface area contributed by atoms with Gasteiger partial charge in [0, 0.05) is 6.54 Å². The van der Waals surface area contributed by atoms with Crippen LogP contribution >= 0.6 is 15.9 Å². The number of pyridine rings is 1. The third-order valence-corrected chi connectivity index (χ3v) is 2.27. The minimum Gasteiger partial charge on any atom is -0.375 e. The van der Waals surface area contributed by atoms with Crippen LogP contribution in [0.1, 0.15) is 17.4 Å². The summed E-state index contributed by atoms with van der Waals surface area (Å²) in [5.74, 6) is -0.203. The molecule has 0 fully saturated rings. The summed E-state index contributed by atoms with van der Waals surface area (Å²) in [7, 11) is 0. The summed E-state index contributed by atoms with van der Waals surface area (Å²) in [5.41, 5.74) is 1.35. The Balaban J connectivity index is 2.28. The van der Waals surface area contributed by atoms with Gasteiger partial charge in [0.25, 0.3) is 5.91 Å². The molecule has 0 aromatic carbocycles. The second-order valence-electron chi connectivity index (χ2n) is 3.61. The van der Waals surface area contributed by atoms with Gasteiger partial charge in [-0.2, -0.15) is 0 Å². The lowest BCUT2D eigenvalue weighted by atomic mass is 10.3. The molecule has 1 aromatic heterocycles. The van der Waals surface area contributed by atoms with E-state index >= 15 is 0 Å². The summed E-state index contributed by atoms with van der Waals surface area (Å²) in [6.45, 7) is 7.05. The van der Waals surface area contributed by atoms with Crippen LogP contribution in [0.2, 0.25) is 0 Å². The number of nitrogens with one attached hydrogen (secondary N) is 1. The highest BCUT2D eigenvalue weighted by Gasteiger charge is 2.05. The summed E-state index contributed by atoms with van der Waals surface area (Å²) < 4.78 is 5.90. The van der Waals surface area contributed by atoms with Gasteiger partial charge in [-0.25, -0.2) is 4.98 Å². The van der Waals surface area contributed by atoms with E-state index in [1.165, 1.54) is 0 Å². The van der Waals surface area contributed by atoms with Crippen molar-refractivity contribution in [2.24, 2.45) is 0 Å². The van der Waals surface area contributed by atoms with Crippen LogP contribution < -0.4 is 5.32 Å². The van der Waals surface area contributed by atoms with E-state index in [1.54, 1.807) is 18.2 Å². The number of amides is 1. The molecule has 0 bridgehead atoms. The van der Waals surface area contributed by atoms with Gasteiger partial charge in [0.05, 0.1) is 13.2 Å². The second kappa shape index (κ2) is 7.19. The molecule has 1 amide bonds. The molecule has 1 N–H and O–H groups in total. The average molecular weight is 299 g/mol. The van der Waals surface area contributed by atoms with Crippen molar-refractivity contribution in [2.45, 2.75) is 6.92 Å². The molecule has 5 heteroatoms. The van der Waals surface area contributed by atoms with Crippen LogP contribution in [0.3, 0.4) is 0 Å². The minimum absolute atomic E-state index is 0.203. The summed E-state index contributed by atoms with van der Waals surface area (Å²) in [6.07, 6.45) is 0. The van der Waals surface area contributed by atoms with E-state index in [0.717, 1.165) is 5.57 Å². The summed E-state index contributed by atoms with van der Waals surface area (Å²) in [6, 6.07) is 5.20. The van der Waals surface area contributed by atoms with Crippen LogP contribution in [0.5, 0.6) is 0 Å². The van der Waals surface area contributed by atoms with Gasteiger partial charge in [-0.05, 0) is 35.0 Å². The summed E-state index contributed by atoms with van der Waals surface area (Å²) >= 11 is 3.21. The summed E-state index contributed by atoms with van der Waals surface area (Å²) in [4.78, 5) is 15.7. The molecule has 1 rings (SSSR count). The topological polar surface area (TPSA) is 51.2 Å². The highest BCUT2D eigenvalue weighted by atomic mass is 79.9. The van der Waals surface area contributed by atoms with Crippen LogP contribution in [-0.4, -0.2) is 30.6 Å². The number of nitrogens with zero attached hydrogens (tertiary/aromatic N) is 1. The molecule has 0 atom stereocenters. The van der Waals surface area contributed by atoms with Gasteiger partial charge in [0.1, 0.15) is 10.3 Å². The molecule has 0 radical (unpaired) electrons. The Bertz CT molecular complexity index is 407. The van der Waals surface area contributed by atoms with Crippen LogP contribution in [0.4, 0.5) is 0 Å². The SMILES string of the molecule is C=C(C)COCCNC(=O)c1cccc(Br)n1. The molecule has 0 aliphatic heterocycles. The van der Waals surface area contributed by atoms with Crippen molar-refractivity contribution in [3.8, 4) is 0 Å². The Morgan fingerprint density at radius 1 is 1.59 bits per heavy atom. The van der Waals surface area contributed by atoms with E-state index in [2.05, 4.69) is 32.8 Å². The quantitative estimate of drug-likeness (QED) is 0.497. The number of ether oxygens (including phenoxy) is 1. The van der Waals surface area contributed by atoms with Crippen molar-refractivity contribution < 1.29 is 9.53 Å². The second-order valence-corrected chi connectivity index (χ2v) is 4.42. The molecular formula is C12H15BrN2O2. The standard InChI is InChI=1S/C12H15BrN2O2/c1-9(2)8-17-7-6-14-12(16)10-4-3-5-11(13)15-10/h3-5H,1,6-8H2,2H3,(H,14,16). The Morgan fingerprint density at radius 2 is 2.35 bits per heavy atom. The van der Waals surface area contributed by atoms with Gasteiger partial charge in [0.15, 0.2) is 0 Å². The maximum absolute atomic E-state index is 11.6. The van der Waals surface area contributed by atoms with E-state index in [0.29, 0.717) is 30.1 Å². The third-order valence-electron chi connectivity index (χ3n) is 1.83. The van der Waals surface area contributed by atoms with Gasteiger partial charge in [-0.3, -0.25) is 4.79 Å². The minimum atomic E-state index is -0.203. The van der Waals surface area contributed by atoms with Crippen LogP contribution in [-0.2, 0) is 4.74 Å². The predicted octanol–water partition coefficient (Wildman–Crippen LogP) is 2.17. The van der Waals surface area contributed by atoms with Crippen LogP contribution in [0.25, 0.3) is 0 Å². The first-order chi connectivity index (χ1) is 8.09. The van der Waals surface area contributed by atoms with Crippen molar-refractivity contribution in [1.82, 2.24) is 10.3 Å². The maximum atomic E-state index is 11.6. The molecule has 0 spiro atoms. The average Bonchev–Trinajstić information content (AvgIpc) is 2.28. The van der Waals surface area contributed by atoms with Crippen LogP contribution in [0, 0.1) is 0 Å². The van der Waals surface area contributed by atoms with E-state index in [1.807, 2.05) is 6.92 Å². The fourth-order valence-corrected chi connectivity index (χ4v) is 1.45. The largest absolute Gasteiger partial charge is 0.375 e. The fourth-order valence-electron chi connectivity index (χ4n) is 1.11. The molecule has 17 heavy (non-hydrogen) atoms. The molecular weight excluding hydrogens is 284 g/mol. The van der Waals surface area contributed by atoms with E-state index in [-0.39, 0.29) is 5.91 Å². The molecule has 92 valence electrons. The normalized spacial score (nSPS) is 10.0. The monoisotopic (exact) mass is 298 g/mol. The van der Waals surface area contributed by atoms with Gasteiger partial charge < -0.3 is 10.1 Å². The molecule has 1 heterocycles. The van der Waals surface area contributed by atoms with Crippen molar-refractivity contribution in [3.63, 3.8) is 0 Å². The first-order valence-electron chi connectivity index (χ1n) is 5.22. The highest BCUT2D eigenvalue weighted by Crippen LogP contribution is 2.05. The first-order valence-corrected chi connectivity index (χ1v) is 6.02. The number of carbonyl (C=O) groups is 1. The third kappa shape index (κ3) is 5.60. The maximum Gasteiger partial charge on any atom is 0.270 e. The molecule has 0 saturated heterocycles. The first kappa shape index (κ1) is 13.9. The Kier molecular flexibility index (Phi) is 5.86. The number of aromatic nitrogens is 1.